The Labute approximate surface area is 112 Å². The number of piperazine rings is 1. The van der Waals surface area contributed by atoms with Crippen molar-refractivity contribution < 1.29 is 4.39 Å². The van der Waals surface area contributed by atoms with E-state index in [1.54, 1.807) is 6.07 Å². The lowest BCUT2D eigenvalue weighted by Gasteiger charge is -2.36. The largest absolute Gasteiger partial charge is 0.393 e. The number of anilines is 1. The molecular weight excluding hydrogens is 249 g/mol. The Morgan fingerprint density at radius 3 is 2.50 bits per heavy atom. The van der Waals surface area contributed by atoms with Crippen LogP contribution in [0.15, 0.2) is 24.3 Å². The van der Waals surface area contributed by atoms with Gasteiger partial charge in [0.1, 0.15) is 5.82 Å². The zero-order chi connectivity index (χ0) is 13.0. The maximum atomic E-state index is 13.6. The average Bonchev–Trinajstić information content (AvgIpc) is 2.38. The van der Waals surface area contributed by atoms with Crippen molar-refractivity contribution in [2.24, 2.45) is 5.73 Å². The average molecular weight is 267 g/mol. The van der Waals surface area contributed by atoms with Gasteiger partial charge in [-0.1, -0.05) is 24.4 Å². The molecule has 1 fully saturated rings. The second kappa shape index (κ2) is 6.11. The molecule has 0 amide bonds. The molecule has 3 nitrogen and oxygen atoms in total. The molecule has 0 spiro atoms. The van der Waals surface area contributed by atoms with Gasteiger partial charge in [-0.2, -0.15) is 0 Å². The summed E-state index contributed by atoms with van der Waals surface area (Å²) in [6.45, 7) is 4.45. The van der Waals surface area contributed by atoms with E-state index in [-0.39, 0.29) is 5.82 Å². The van der Waals surface area contributed by atoms with Gasteiger partial charge in [0.2, 0.25) is 0 Å². The minimum atomic E-state index is -0.144. The molecule has 2 rings (SSSR count). The topological polar surface area (TPSA) is 32.5 Å². The van der Waals surface area contributed by atoms with Gasteiger partial charge in [-0.05, 0) is 12.1 Å². The Morgan fingerprint density at radius 2 is 1.89 bits per heavy atom. The molecule has 0 aliphatic carbocycles. The lowest BCUT2D eigenvalue weighted by atomic mass is 10.2. The third kappa shape index (κ3) is 3.40. The number of nitrogens with two attached hydrogens (primary N) is 1. The predicted molar refractivity (Wildman–Crippen MR) is 76.5 cm³/mol. The molecule has 1 aromatic rings. The zero-order valence-corrected chi connectivity index (χ0v) is 11.1. The molecule has 2 N–H and O–H groups in total. The Balaban J connectivity index is 1.87. The number of hydrogen-bond acceptors (Lipinski definition) is 3. The van der Waals surface area contributed by atoms with E-state index in [4.69, 9.17) is 18.0 Å². The summed E-state index contributed by atoms with van der Waals surface area (Å²) < 4.78 is 13.6. The highest BCUT2D eigenvalue weighted by Crippen LogP contribution is 2.20. The Hall–Kier alpha value is -1.20. The first-order valence-electron chi connectivity index (χ1n) is 6.17. The quantitative estimate of drug-likeness (QED) is 0.840. The summed E-state index contributed by atoms with van der Waals surface area (Å²) in [5.41, 5.74) is 6.19. The monoisotopic (exact) mass is 267 g/mol. The van der Waals surface area contributed by atoms with Crippen molar-refractivity contribution in [3.05, 3.63) is 30.1 Å². The van der Waals surface area contributed by atoms with Crippen LogP contribution < -0.4 is 10.6 Å². The van der Waals surface area contributed by atoms with Crippen molar-refractivity contribution >= 4 is 22.9 Å². The number of para-hydroxylation sites is 1. The summed E-state index contributed by atoms with van der Waals surface area (Å²) in [5, 5.41) is 0. The van der Waals surface area contributed by atoms with Crippen LogP contribution in [-0.2, 0) is 0 Å². The first-order chi connectivity index (χ1) is 8.66. The normalized spacial score (nSPS) is 16.8. The number of benzene rings is 1. The Morgan fingerprint density at radius 1 is 1.22 bits per heavy atom. The molecule has 1 saturated heterocycles. The van der Waals surface area contributed by atoms with E-state index in [1.807, 2.05) is 12.1 Å². The molecule has 1 aliphatic heterocycles. The van der Waals surface area contributed by atoms with Gasteiger partial charge in [0, 0.05) is 39.1 Å². The maximum absolute atomic E-state index is 13.6. The van der Waals surface area contributed by atoms with E-state index < -0.39 is 0 Å². The molecule has 5 heteroatoms. The van der Waals surface area contributed by atoms with Crippen molar-refractivity contribution in [1.29, 1.82) is 0 Å². The highest BCUT2D eigenvalue weighted by atomic mass is 32.1. The number of hydrogen-bond donors (Lipinski definition) is 1. The van der Waals surface area contributed by atoms with Crippen LogP contribution in [-0.4, -0.2) is 42.6 Å². The van der Waals surface area contributed by atoms with E-state index in [0.717, 1.165) is 39.1 Å². The van der Waals surface area contributed by atoms with Crippen molar-refractivity contribution in [3.63, 3.8) is 0 Å². The molecule has 0 saturated carbocycles. The number of rotatable bonds is 4. The fourth-order valence-electron chi connectivity index (χ4n) is 2.19. The summed E-state index contributed by atoms with van der Waals surface area (Å²) in [5.74, 6) is -0.144. The maximum Gasteiger partial charge on any atom is 0.146 e. The summed E-state index contributed by atoms with van der Waals surface area (Å²) in [6.07, 6.45) is 0.759. The van der Waals surface area contributed by atoms with Crippen molar-refractivity contribution in [3.8, 4) is 0 Å². The SMILES string of the molecule is NC(=S)CCN1CCN(c2ccccc2F)CC1. The van der Waals surface area contributed by atoms with Gasteiger partial charge in [0.05, 0.1) is 10.7 Å². The van der Waals surface area contributed by atoms with Gasteiger partial charge in [0.25, 0.3) is 0 Å². The summed E-state index contributed by atoms with van der Waals surface area (Å²) in [6, 6.07) is 6.93. The fraction of sp³-hybridized carbons (Fsp3) is 0.462. The number of thiocarbonyl (C=S) groups is 1. The van der Waals surface area contributed by atoms with Crippen LogP contribution in [0.4, 0.5) is 10.1 Å². The molecule has 1 aromatic carbocycles. The van der Waals surface area contributed by atoms with Crippen LogP contribution in [0, 0.1) is 5.82 Å². The van der Waals surface area contributed by atoms with Gasteiger partial charge < -0.3 is 10.6 Å². The fourth-order valence-corrected chi connectivity index (χ4v) is 2.28. The molecule has 0 atom stereocenters. The predicted octanol–water partition coefficient (Wildman–Crippen LogP) is 1.62. The van der Waals surface area contributed by atoms with Crippen LogP contribution in [0.3, 0.4) is 0 Å². The third-order valence-electron chi connectivity index (χ3n) is 3.24. The van der Waals surface area contributed by atoms with Gasteiger partial charge in [0.15, 0.2) is 0 Å². The molecule has 98 valence electrons. The minimum Gasteiger partial charge on any atom is -0.393 e. The highest BCUT2D eigenvalue weighted by molar-refractivity contribution is 7.80. The molecule has 0 radical (unpaired) electrons. The minimum absolute atomic E-state index is 0.144. The second-order valence-corrected chi connectivity index (χ2v) is 5.02. The molecular formula is C13H18FN3S. The van der Waals surface area contributed by atoms with Gasteiger partial charge in [-0.15, -0.1) is 0 Å². The smallest absolute Gasteiger partial charge is 0.146 e. The first kappa shape index (κ1) is 13.2. The van der Waals surface area contributed by atoms with Gasteiger partial charge in [-0.25, -0.2) is 4.39 Å². The molecule has 0 unspecified atom stereocenters. The Bertz CT molecular complexity index is 416. The number of nitrogens with zero attached hydrogens (tertiary/aromatic N) is 2. The van der Waals surface area contributed by atoms with E-state index in [9.17, 15) is 4.39 Å². The molecule has 1 aliphatic rings. The molecule has 0 aromatic heterocycles. The third-order valence-corrected chi connectivity index (χ3v) is 3.44. The van der Waals surface area contributed by atoms with Crippen LogP contribution in [0.5, 0.6) is 0 Å². The second-order valence-electron chi connectivity index (χ2n) is 4.50. The highest BCUT2D eigenvalue weighted by Gasteiger charge is 2.18. The van der Waals surface area contributed by atoms with Crippen molar-refractivity contribution in [2.45, 2.75) is 6.42 Å². The standard InChI is InChI=1S/C13H18FN3S/c14-11-3-1-2-4-12(11)17-9-7-16(8-10-17)6-5-13(15)18/h1-4H,5-10H2,(H2,15,18). The van der Waals surface area contributed by atoms with E-state index >= 15 is 0 Å². The van der Waals surface area contributed by atoms with Crippen LogP contribution in [0.25, 0.3) is 0 Å². The van der Waals surface area contributed by atoms with Gasteiger partial charge >= 0.3 is 0 Å². The molecule has 18 heavy (non-hydrogen) atoms. The lowest BCUT2D eigenvalue weighted by molar-refractivity contribution is 0.264. The molecule has 0 bridgehead atoms. The van der Waals surface area contributed by atoms with Crippen molar-refractivity contribution in [1.82, 2.24) is 4.90 Å². The van der Waals surface area contributed by atoms with E-state index in [1.165, 1.54) is 6.07 Å². The van der Waals surface area contributed by atoms with Crippen molar-refractivity contribution in [2.75, 3.05) is 37.6 Å². The van der Waals surface area contributed by atoms with Gasteiger partial charge in [-0.3, -0.25) is 4.90 Å². The summed E-state index contributed by atoms with van der Waals surface area (Å²) in [4.78, 5) is 4.97. The van der Waals surface area contributed by atoms with E-state index in [2.05, 4.69) is 9.80 Å². The molecule has 1 heterocycles. The zero-order valence-electron chi connectivity index (χ0n) is 10.3. The Kier molecular flexibility index (Phi) is 4.49. The summed E-state index contributed by atoms with van der Waals surface area (Å²) in [7, 11) is 0. The van der Waals surface area contributed by atoms with Crippen LogP contribution in [0.1, 0.15) is 6.42 Å². The number of halogens is 1. The summed E-state index contributed by atoms with van der Waals surface area (Å²) >= 11 is 4.87. The van der Waals surface area contributed by atoms with Crippen LogP contribution >= 0.6 is 12.2 Å². The van der Waals surface area contributed by atoms with Crippen LogP contribution in [0.2, 0.25) is 0 Å². The lowest BCUT2D eigenvalue weighted by Crippen LogP contribution is -2.47. The van der Waals surface area contributed by atoms with E-state index in [0.29, 0.717) is 10.7 Å². The first-order valence-corrected chi connectivity index (χ1v) is 6.58.